The van der Waals surface area contributed by atoms with Crippen molar-refractivity contribution in [1.29, 1.82) is 0 Å². The molecule has 3 fully saturated rings. The standard InChI is InChI=1S/3C15H29.Cr/c3*1-12(2)11-14(15(3,4)5)13-9-7-6-8-10-13;/h3*12-13H,6-11H2,1-5H3;. The van der Waals surface area contributed by atoms with Crippen LogP contribution in [0.3, 0.4) is 0 Å². The van der Waals surface area contributed by atoms with Crippen molar-refractivity contribution in [1.82, 2.24) is 0 Å². The third-order valence-corrected chi connectivity index (χ3v) is 22.5. The van der Waals surface area contributed by atoms with Crippen LogP contribution in [0.1, 0.15) is 219 Å². The summed E-state index contributed by atoms with van der Waals surface area (Å²) in [5.41, 5.74) is 0.900. The predicted molar refractivity (Wildman–Crippen MR) is 205 cm³/mol. The van der Waals surface area contributed by atoms with Crippen LogP contribution in [-0.4, -0.2) is 0 Å². The Morgan fingerprint density at radius 3 is 0.717 bits per heavy atom. The Morgan fingerprint density at radius 2 is 0.565 bits per heavy atom. The summed E-state index contributed by atoms with van der Waals surface area (Å²) in [4.78, 5) is 0. The van der Waals surface area contributed by atoms with E-state index in [1.54, 1.807) is 0 Å². The van der Waals surface area contributed by atoms with Gasteiger partial charge in [-0.3, -0.25) is 0 Å². The van der Waals surface area contributed by atoms with E-state index in [2.05, 4.69) is 104 Å². The summed E-state index contributed by atoms with van der Waals surface area (Å²) in [6.45, 7) is 41.0. The Balaban J connectivity index is 2.73. The molecule has 0 N–H and O–H groups in total. The summed E-state index contributed by atoms with van der Waals surface area (Å²) in [5.74, 6) is 4.92. The van der Waals surface area contributed by atoms with Gasteiger partial charge in [-0.25, -0.2) is 0 Å². The van der Waals surface area contributed by atoms with Crippen LogP contribution in [0.4, 0.5) is 0 Å². The van der Waals surface area contributed by atoms with Crippen LogP contribution < -0.4 is 0 Å². The second-order valence-electron chi connectivity index (χ2n) is 21.5. The van der Waals surface area contributed by atoms with Crippen molar-refractivity contribution in [2.24, 2.45) is 51.8 Å². The first-order chi connectivity index (χ1) is 21.2. The third-order valence-electron chi connectivity index (χ3n) is 13.8. The van der Waals surface area contributed by atoms with Gasteiger partial charge in [0.05, 0.1) is 0 Å². The molecular formula is C45H87Cr. The van der Waals surface area contributed by atoms with E-state index in [0.29, 0.717) is 29.1 Å². The fraction of sp³-hybridized carbons (Fsp3) is 1.00. The fourth-order valence-electron chi connectivity index (χ4n) is 12.4. The fourth-order valence-corrected chi connectivity index (χ4v) is 23.3. The van der Waals surface area contributed by atoms with Gasteiger partial charge in [0.15, 0.2) is 0 Å². The van der Waals surface area contributed by atoms with Crippen LogP contribution in [0.15, 0.2) is 0 Å². The molecule has 0 amide bonds. The molecule has 3 aliphatic rings. The second-order valence-corrected chi connectivity index (χ2v) is 25.9. The number of hydrogen-bond acceptors (Lipinski definition) is 0. The molecule has 0 heterocycles. The molecule has 0 radical (unpaired) electrons. The van der Waals surface area contributed by atoms with Crippen molar-refractivity contribution in [2.75, 3.05) is 0 Å². The molecular weight excluding hydrogens is 592 g/mol. The van der Waals surface area contributed by atoms with E-state index in [0.717, 1.165) is 35.5 Å². The number of hydrogen-bond donors (Lipinski definition) is 0. The molecule has 3 aliphatic carbocycles. The summed E-state index contributed by atoms with van der Waals surface area (Å²) >= 11 is -1.50. The van der Waals surface area contributed by atoms with Crippen LogP contribution >= 0.6 is 0 Å². The van der Waals surface area contributed by atoms with Gasteiger partial charge in [0.2, 0.25) is 0 Å². The van der Waals surface area contributed by atoms with E-state index in [4.69, 9.17) is 0 Å². The minimum atomic E-state index is -1.50. The normalized spacial score (nSPS) is 24.8. The van der Waals surface area contributed by atoms with Crippen molar-refractivity contribution < 1.29 is 14.1 Å². The summed E-state index contributed by atoms with van der Waals surface area (Å²) in [7, 11) is 0. The molecule has 46 heavy (non-hydrogen) atoms. The molecule has 0 aromatic rings. The Labute approximate surface area is 297 Å². The van der Waals surface area contributed by atoms with Crippen LogP contribution in [0.2, 0.25) is 12.8 Å². The first-order valence-electron chi connectivity index (χ1n) is 20.9. The number of rotatable bonds is 12. The molecule has 3 atom stereocenters. The monoisotopic (exact) mass is 680 g/mol. The van der Waals surface area contributed by atoms with Gasteiger partial charge in [-0.15, -0.1) is 0 Å². The zero-order valence-corrected chi connectivity index (χ0v) is 35.9. The van der Waals surface area contributed by atoms with Crippen molar-refractivity contribution >= 4 is 0 Å². The van der Waals surface area contributed by atoms with Gasteiger partial charge >= 0.3 is 298 Å². The maximum atomic E-state index is 2.80. The summed E-state index contributed by atoms with van der Waals surface area (Å²) in [5, 5.41) is 0. The Kier molecular flexibility index (Phi) is 14.1. The first kappa shape index (κ1) is 41.0. The molecule has 1 heteroatoms. The van der Waals surface area contributed by atoms with Crippen LogP contribution in [0.5, 0.6) is 0 Å². The molecule has 0 saturated heterocycles. The quantitative estimate of drug-likeness (QED) is 0.193. The van der Waals surface area contributed by atoms with Crippen LogP contribution in [0.25, 0.3) is 0 Å². The molecule has 3 saturated carbocycles. The van der Waals surface area contributed by atoms with E-state index in [1.807, 2.05) is 0 Å². The Bertz CT molecular complexity index is 770. The van der Waals surface area contributed by atoms with E-state index in [-0.39, 0.29) is 0 Å². The molecule has 3 unspecified atom stereocenters. The Hall–Kier alpha value is 0.532. The molecule has 0 aromatic carbocycles. The third kappa shape index (κ3) is 8.03. The van der Waals surface area contributed by atoms with E-state index in [9.17, 15) is 0 Å². The van der Waals surface area contributed by atoms with Crippen molar-refractivity contribution in [3.8, 4) is 0 Å². The van der Waals surface area contributed by atoms with Gasteiger partial charge in [-0.1, -0.05) is 0 Å². The van der Waals surface area contributed by atoms with Gasteiger partial charge in [0.25, 0.3) is 0 Å². The summed E-state index contributed by atoms with van der Waals surface area (Å²) in [6, 6.07) is 0. The minimum absolute atomic E-state index is 0.300. The SMILES string of the molecule is CC(C)C[C](C1CCCCC1)([Cr]([C](CC(C)C)(C1CCCCC1)C(C)(C)C)[C](CC(C)C)(C1CCCCC1)C(C)(C)C)C(C)(C)C. The predicted octanol–water partition coefficient (Wildman–Crippen LogP) is 16.1. The molecule has 0 aromatic heterocycles. The zero-order valence-electron chi connectivity index (χ0n) is 34.6. The second kappa shape index (κ2) is 15.8. The van der Waals surface area contributed by atoms with E-state index >= 15 is 0 Å². The molecule has 0 nitrogen and oxygen atoms in total. The average Bonchev–Trinajstić information content (AvgIpc) is 2.94. The van der Waals surface area contributed by atoms with Gasteiger partial charge < -0.3 is 0 Å². The Morgan fingerprint density at radius 1 is 0.370 bits per heavy atom. The topological polar surface area (TPSA) is 0 Å². The van der Waals surface area contributed by atoms with Gasteiger partial charge in [0.1, 0.15) is 0 Å². The average molecular weight is 680 g/mol. The van der Waals surface area contributed by atoms with Crippen molar-refractivity contribution in [2.45, 2.75) is 232 Å². The molecule has 3 rings (SSSR count). The van der Waals surface area contributed by atoms with E-state index < -0.39 is 14.1 Å². The molecule has 273 valence electrons. The molecule has 0 spiro atoms. The van der Waals surface area contributed by atoms with Crippen LogP contribution in [0, 0.1) is 51.8 Å². The summed E-state index contributed by atoms with van der Waals surface area (Å²) < 4.78 is 1.29. The molecule has 0 bridgehead atoms. The van der Waals surface area contributed by atoms with E-state index in [1.165, 1.54) is 116 Å². The zero-order chi connectivity index (χ0) is 34.8. The first-order valence-corrected chi connectivity index (χ1v) is 22.8. The maximum absolute atomic E-state index is 2.80. The summed E-state index contributed by atoms with van der Waals surface area (Å²) in [6.07, 6.45) is 26.7. The van der Waals surface area contributed by atoms with Crippen LogP contribution in [-0.2, 0) is 14.1 Å². The van der Waals surface area contributed by atoms with Gasteiger partial charge in [-0.05, 0) is 0 Å². The van der Waals surface area contributed by atoms with Gasteiger partial charge in [0, 0.05) is 0 Å². The van der Waals surface area contributed by atoms with Crippen molar-refractivity contribution in [3.63, 3.8) is 0 Å². The van der Waals surface area contributed by atoms with Crippen molar-refractivity contribution in [3.05, 3.63) is 0 Å². The van der Waals surface area contributed by atoms with Gasteiger partial charge in [-0.2, -0.15) is 0 Å². The molecule has 0 aliphatic heterocycles.